The van der Waals surface area contributed by atoms with Crippen molar-refractivity contribution in [1.82, 2.24) is 0 Å². The van der Waals surface area contributed by atoms with Gasteiger partial charge in [-0.05, 0) is 66.4 Å². The maximum Gasteiger partial charge on any atom is 0.249 e. The number of hydrogen-bond donors (Lipinski definition) is 1. The summed E-state index contributed by atoms with van der Waals surface area (Å²) in [7, 11) is -3.07. The number of nitrogens with zero attached hydrogens (tertiary/aromatic N) is 1. The van der Waals surface area contributed by atoms with E-state index in [2.05, 4.69) is 26.0 Å². The monoisotopic (exact) mass is 386 g/mol. The summed E-state index contributed by atoms with van der Waals surface area (Å²) in [5.74, 6) is -0.450. The van der Waals surface area contributed by atoms with Crippen LogP contribution in [0.25, 0.3) is 5.57 Å². The first-order valence-electron chi connectivity index (χ1n) is 9.33. The highest BCUT2D eigenvalue weighted by molar-refractivity contribution is 7.91. The third-order valence-electron chi connectivity index (χ3n) is 6.05. The van der Waals surface area contributed by atoms with Gasteiger partial charge < -0.3 is 5.73 Å². The van der Waals surface area contributed by atoms with E-state index >= 15 is 0 Å². The Hall–Kier alpha value is -2.13. The summed E-state index contributed by atoms with van der Waals surface area (Å²) in [5, 5.41) is 9.86. The quantitative estimate of drug-likeness (QED) is 0.860. The molecule has 2 aliphatic rings. The number of nitrogens with two attached hydrogens (primary N) is 1. The number of amides is 1. The molecule has 5 nitrogen and oxygen atoms in total. The molecular weight excluding hydrogens is 360 g/mol. The summed E-state index contributed by atoms with van der Waals surface area (Å²) in [6.07, 6.45) is 5.53. The van der Waals surface area contributed by atoms with E-state index in [-0.39, 0.29) is 29.8 Å². The van der Waals surface area contributed by atoms with Crippen molar-refractivity contribution in [2.24, 2.45) is 11.1 Å². The lowest BCUT2D eigenvalue weighted by molar-refractivity contribution is 0.1000. The van der Waals surface area contributed by atoms with Gasteiger partial charge in [0.25, 0.3) is 0 Å². The first kappa shape index (κ1) is 19.6. The van der Waals surface area contributed by atoms with Crippen molar-refractivity contribution in [3.8, 4) is 6.07 Å². The second-order valence-corrected chi connectivity index (χ2v) is 10.9. The fraction of sp³-hybridized carbons (Fsp3) is 0.524. The Morgan fingerprint density at radius 1 is 1.19 bits per heavy atom. The second-order valence-electron chi connectivity index (χ2n) is 8.57. The largest absolute Gasteiger partial charge is 0.366 e. The highest BCUT2D eigenvalue weighted by Crippen LogP contribution is 2.41. The van der Waals surface area contributed by atoms with E-state index in [1.165, 1.54) is 0 Å². The lowest BCUT2D eigenvalue weighted by Crippen LogP contribution is -2.36. The maximum absolute atomic E-state index is 12.0. The van der Waals surface area contributed by atoms with Gasteiger partial charge in [0.1, 0.15) is 9.84 Å². The number of sulfone groups is 1. The van der Waals surface area contributed by atoms with E-state index < -0.39 is 21.2 Å². The fourth-order valence-corrected chi connectivity index (χ4v) is 5.52. The Bertz CT molecular complexity index is 938. The van der Waals surface area contributed by atoms with Gasteiger partial charge in [0.2, 0.25) is 5.91 Å². The molecule has 0 radical (unpaired) electrons. The molecule has 144 valence electrons. The van der Waals surface area contributed by atoms with E-state index in [9.17, 15) is 18.5 Å². The molecular formula is C21H26N2O3S. The first-order valence-corrected chi connectivity index (χ1v) is 11.2. The van der Waals surface area contributed by atoms with E-state index in [1.807, 2.05) is 6.07 Å². The van der Waals surface area contributed by atoms with E-state index in [1.54, 1.807) is 12.1 Å². The van der Waals surface area contributed by atoms with E-state index in [4.69, 9.17) is 5.73 Å². The molecule has 1 amide bonds. The Labute approximate surface area is 161 Å². The van der Waals surface area contributed by atoms with Crippen LogP contribution >= 0.6 is 0 Å². The minimum absolute atomic E-state index is 0.0182. The van der Waals surface area contributed by atoms with E-state index in [0.717, 1.165) is 36.0 Å². The summed E-state index contributed by atoms with van der Waals surface area (Å²) in [6.45, 7) is 4.44. The maximum atomic E-state index is 12.0. The van der Waals surface area contributed by atoms with Crippen molar-refractivity contribution in [3.05, 3.63) is 41.0 Å². The van der Waals surface area contributed by atoms with Crippen molar-refractivity contribution in [2.75, 3.05) is 11.5 Å². The molecule has 0 bridgehead atoms. The summed E-state index contributed by atoms with van der Waals surface area (Å²) in [5.41, 5.74) is 8.12. The molecule has 1 aromatic rings. The van der Waals surface area contributed by atoms with E-state index in [0.29, 0.717) is 5.56 Å². The molecule has 3 rings (SSSR count). The summed E-state index contributed by atoms with van der Waals surface area (Å²) < 4.78 is 23.6. The molecule has 0 aromatic heterocycles. The van der Waals surface area contributed by atoms with Crippen LogP contribution in [0, 0.1) is 16.7 Å². The van der Waals surface area contributed by atoms with Crippen molar-refractivity contribution >= 4 is 21.3 Å². The van der Waals surface area contributed by atoms with Crippen LogP contribution in [0.5, 0.6) is 0 Å². The molecule has 1 saturated heterocycles. The summed E-state index contributed by atoms with van der Waals surface area (Å²) >= 11 is 0. The number of hydrogen-bond acceptors (Lipinski definition) is 4. The van der Waals surface area contributed by atoms with Crippen LogP contribution < -0.4 is 5.73 Å². The number of benzene rings is 1. The van der Waals surface area contributed by atoms with Crippen molar-refractivity contribution in [2.45, 2.75) is 51.4 Å². The standard InChI is InChI=1S/C21H26N2O3S/c1-20(2)7-5-15(6-8-20)18-13-16(3-4-17(18)19(23)24)21(14-22)9-11-27(25,26)12-10-21/h3-5,13H,6-12H2,1-2H3,(H2,23,24). The van der Waals surface area contributed by atoms with Crippen molar-refractivity contribution in [1.29, 1.82) is 5.26 Å². The highest BCUT2D eigenvalue weighted by Gasteiger charge is 2.39. The van der Waals surface area contributed by atoms with Gasteiger partial charge in [-0.15, -0.1) is 0 Å². The van der Waals surface area contributed by atoms with Crippen LogP contribution in [0.15, 0.2) is 24.3 Å². The second kappa shape index (κ2) is 6.79. The predicted molar refractivity (Wildman–Crippen MR) is 106 cm³/mol. The third-order valence-corrected chi connectivity index (χ3v) is 7.70. The Morgan fingerprint density at radius 2 is 1.85 bits per heavy atom. The molecule has 1 aliphatic heterocycles. The van der Waals surface area contributed by atoms with Crippen molar-refractivity contribution in [3.63, 3.8) is 0 Å². The average Bonchev–Trinajstić information content (AvgIpc) is 2.62. The molecule has 0 atom stereocenters. The summed E-state index contributed by atoms with van der Waals surface area (Å²) in [4.78, 5) is 12.0. The van der Waals surface area contributed by atoms with Crippen LogP contribution in [0.3, 0.4) is 0 Å². The number of carbonyl (C=O) groups excluding carboxylic acids is 1. The van der Waals surface area contributed by atoms with Crippen LogP contribution in [0.2, 0.25) is 0 Å². The topological polar surface area (TPSA) is 101 Å². The number of nitriles is 1. The van der Waals surface area contributed by atoms with Gasteiger partial charge in [-0.25, -0.2) is 8.42 Å². The van der Waals surface area contributed by atoms with Crippen LogP contribution in [0.4, 0.5) is 0 Å². The molecule has 6 heteroatoms. The normalized spacial score (nSPS) is 23.1. The molecule has 0 unspecified atom stereocenters. The van der Waals surface area contributed by atoms with Gasteiger partial charge in [-0.1, -0.05) is 26.0 Å². The SMILES string of the molecule is CC1(C)CC=C(c2cc(C3(C#N)CCS(=O)(=O)CC3)ccc2C(N)=O)CC1. The Balaban J connectivity index is 2.05. The Morgan fingerprint density at radius 3 is 2.37 bits per heavy atom. The molecule has 0 saturated carbocycles. The zero-order valence-corrected chi connectivity index (χ0v) is 16.7. The molecule has 1 heterocycles. The molecule has 1 aliphatic carbocycles. The van der Waals surface area contributed by atoms with Crippen molar-refractivity contribution < 1.29 is 13.2 Å². The zero-order valence-electron chi connectivity index (χ0n) is 15.9. The van der Waals surface area contributed by atoms with Crippen LogP contribution in [-0.2, 0) is 15.3 Å². The molecule has 2 N–H and O–H groups in total. The lowest BCUT2D eigenvalue weighted by atomic mass is 9.73. The fourth-order valence-electron chi connectivity index (χ4n) is 4.00. The molecule has 0 spiro atoms. The third kappa shape index (κ3) is 3.93. The average molecular weight is 387 g/mol. The Kier molecular flexibility index (Phi) is 4.94. The van der Waals surface area contributed by atoms with Gasteiger partial charge in [0.05, 0.1) is 23.0 Å². The first-order chi connectivity index (χ1) is 12.6. The number of rotatable bonds is 3. The number of allylic oxidation sites excluding steroid dienone is 2. The van der Waals surface area contributed by atoms with Crippen LogP contribution in [0.1, 0.15) is 67.4 Å². The van der Waals surface area contributed by atoms with Gasteiger partial charge in [-0.2, -0.15) is 5.26 Å². The van der Waals surface area contributed by atoms with Crippen LogP contribution in [-0.4, -0.2) is 25.8 Å². The lowest BCUT2D eigenvalue weighted by Gasteiger charge is -2.32. The number of carbonyl (C=O) groups is 1. The van der Waals surface area contributed by atoms with Gasteiger partial charge in [0, 0.05) is 5.56 Å². The highest BCUT2D eigenvalue weighted by atomic mass is 32.2. The smallest absolute Gasteiger partial charge is 0.249 e. The number of primary amides is 1. The van der Waals surface area contributed by atoms with Gasteiger partial charge in [-0.3, -0.25) is 4.79 Å². The minimum atomic E-state index is -3.07. The zero-order chi connectivity index (χ0) is 19.9. The molecule has 27 heavy (non-hydrogen) atoms. The van der Waals surface area contributed by atoms with Gasteiger partial charge >= 0.3 is 0 Å². The molecule has 1 fully saturated rings. The summed E-state index contributed by atoms with van der Waals surface area (Å²) in [6, 6.07) is 7.71. The minimum Gasteiger partial charge on any atom is -0.366 e. The molecule has 1 aromatic carbocycles. The predicted octanol–water partition coefficient (Wildman–Crippen LogP) is 3.35. The van der Waals surface area contributed by atoms with Gasteiger partial charge in [0.15, 0.2) is 0 Å².